The van der Waals surface area contributed by atoms with E-state index in [-0.39, 0.29) is 0 Å². The van der Waals surface area contributed by atoms with Crippen molar-refractivity contribution in [3.05, 3.63) is 11.6 Å². The summed E-state index contributed by atoms with van der Waals surface area (Å²) >= 11 is 4.61. The van der Waals surface area contributed by atoms with Crippen molar-refractivity contribution in [3.8, 4) is 0 Å². The van der Waals surface area contributed by atoms with Crippen LogP contribution in [0.5, 0.6) is 0 Å². The summed E-state index contributed by atoms with van der Waals surface area (Å²) in [5.74, 6) is 2.28. The summed E-state index contributed by atoms with van der Waals surface area (Å²) < 4.78 is 0. The monoisotopic (exact) mass is 362 g/mol. The fourth-order valence-electron chi connectivity index (χ4n) is 4.78. The van der Waals surface area contributed by atoms with E-state index in [0.717, 1.165) is 17.4 Å². The van der Waals surface area contributed by atoms with Crippen LogP contribution >= 0.6 is 12.6 Å². The molecule has 0 saturated heterocycles. The van der Waals surface area contributed by atoms with E-state index in [4.69, 9.17) is 22.9 Å². The zero-order valence-electron chi connectivity index (χ0n) is 15.2. The second kappa shape index (κ2) is 7.98. The Balaban J connectivity index is 1.51. The molecule has 4 nitrogen and oxygen atoms in total. The number of anilines is 4. The maximum absolute atomic E-state index is 6.22. The average molecular weight is 363 g/mol. The number of benzene rings is 1. The van der Waals surface area contributed by atoms with Crippen molar-refractivity contribution in [1.29, 1.82) is 0 Å². The van der Waals surface area contributed by atoms with Crippen LogP contribution in [0.2, 0.25) is 0 Å². The Bertz CT molecular complexity index is 588. The summed E-state index contributed by atoms with van der Waals surface area (Å²) in [6, 6.07) is 1.95. The van der Waals surface area contributed by atoms with Gasteiger partial charge in [0.2, 0.25) is 0 Å². The van der Waals surface area contributed by atoms with E-state index in [1.807, 2.05) is 6.07 Å². The molecule has 0 heterocycles. The molecule has 0 amide bonds. The topological polar surface area (TPSA) is 104 Å². The molecule has 0 aliphatic heterocycles. The van der Waals surface area contributed by atoms with E-state index in [9.17, 15) is 0 Å². The molecule has 0 atom stereocenters. The van der Waals surface area contributed by atoms with Crippen LogP contribution in [0.25, 0.3) is 0 Å². The summed E-state index contributed by atoms with van der Waals surface area (Å²) in [6.45, 7) is 0. The molecule has 1 aromatic carbocycles. The third-order valence-electron chi connectivity index (χ3n) is 6.60. The Morgan fingerprint density at radius 3 is 1.80 bits per heavy atom. The molecular formula is C20H34N4S. The first-order valence-corrected chi connectivity index (χ1v) is 10.4. The second-order valence-electron chi connectivity index (χ2n) is 8.27. The van der Waals surface area contributed by atoms with Crippen LogP contribution in [0.15, 0.2) is 6.07 Å². The lowest BCUT2D eigenvalue weighted by Gasteiger charge is -2.32. The Hall–Kier alpha value is -1.23. The molecule has 0 spiro atoms. The third-order valence-corrected chi connectivity index (χ3v) is 7.12. The molecule has 5 heteroatoms. The minimum atomic E-state index is 0.422. The first kappa shape index (κ1) is 18.6. The lowest BCUT2D eigenvalue weighted by Crippen LogP contribution is -2.18. The van der Waals surface area contributed by atoms with E-state index in [2.05, 4.69) is 12.6 Å². The van der Waals surface area contributed by atoms with E-state index >= 15 is 0 Å². The van der Waals surface area contributed by atoms with E-state index in [0.29, 0.717) is 33.9 Å². The summed E-state index contributed by atoms with van der Waals surface area (Å²) in [7, 11) is 0. The van der Waals surface area contributed by atoms with Gasteiger partial charge in [-0.25, -0.2) is 0 Å². The van der Waals surface area contributed by atoms with Gasteiger partial charge in [-0.2, -0.15) is 12.6 Å². The Kier molecular flexibility index (Phi) is 5.92. The van der Waals surface area contributed by atoms with Crippen molar-refractivity contribution < 1.29 is 0 Å². The van der Waals surface area contributed by atoms with Crippen molar-refractivity contribution in [1.82, 2.24) is 0 Å². The normalized spacial score (nSPS) is 30.3. The Morgan fingerprint density at radius 1 is 0.720 bits per heavy atom. The highest BCUT2D eigenvalue weighted by Crippen LogP contribution is 2.44. The molecule has 8 N–H and O–H groups in total. The van der Waals surface area contributed by atoms with Crippen LogP contribution < -0.4 is 22.9 Å². The summed E-state index contributed by atoms with van der Waals surface area (Å²) in [5, 5.41) is 0.650. The second-order valence-corrected chi connectivity index (χ2v) is 9.00. The van der Waals surface area contributed by atoms with Crippen molar-refractivity contribution in [3.63, 3.8) is 0 Å². The van der Waals surface area contributed by atoms with Crippen LogP contribution in [-0.4, -0.2) is 5.25 Å². The largest absolute Gasteiger partial charge is 0.397 e. The van der Waals surface area contributed by atoms with Crippen LogP contribution in [-0.2, 0) is 0 Å². The van der Waals surface area contributed by atoms with Gasteiger partial charge in [-0.05, 0) is 80.8 Å². The molecule has 2 aliphatic rings. The van der Waals surface area contributed by atoms with Gasteiger partial charge in [0.25, 0.3) is 0 Å². The lowest BCUT2D eigenvalue weighted by molar-refractivity contribution is 0.263. The molecule has 25 heavy (non-hydrogen) atoms. The molecule has 0 unspecified atom stereocenters. The quantitative estimate of drug-likeness (QED) is 0.400. The third kappa shape index (κ3) is 4.30. The van der Waals surface area contributed by atoms with Gasteiger partial charge < -0.3 is 22.9 Å². The molecule has 2 saturated carbocycles. The fourth-order valence-corrected chi connectivity index (χ4v) is 5.08. The van der Waals surface area contributed by atoms with E-state index in [1.165, 1.54) is 64.2 Å². The number of hydrogen-bond donors (Lipinski definition) is 5. The number of nitrogen functional groups attached to an aromatic ring is 4. The maximum atomic E-state index is 6.22. The first-order chi connectivity index (χ1) is 12.0. The van der Waals surface area contributed by atoms with Gasteiger partial charge in [0.05, 0.1) is 22.7 Å². The minimum absolute atomic E-state index is 0.422. The van der Waals surface area contributed by atoms with Gasteiger partial charge in [-0.3, -0.25) is 0 Å². The van der Waals surface area contributed by atoms with Gasteiger partial charge in [-0.15, -0.1) is 0 Å². The predicted octanol–water partition coefficient (Wildman–Crippen LogP) is 4.56. The zero-order chi connectivity index (χ0) is 18.0. The van der Waals surface area contributed by atoms with Crippen molar-refractivity contribution >= 4 is 35.4 Å². The minimum Gasteiger partial charge on any atom is -0.397 e. The van der Waals surface area contributed by atoms with Gasteiger partial charge in [0.15, 0.2) is 0 Å². The molecule has 2 aliphatic carbocycles. The number of hydrogen-bond acceptors (Lipinski definition) is 5. The van der Waals surface area contributed by atoms with Gasteiger partial charge in [0.1, 0.15) is 0 Å². The van der Waals surface area contributed by atoms with Gasteiger partial charge in [0, 0.05) is 5.25 Å². The van der Waals surface area contributed by atoms with Crippen LogP contribution in [0.1, 0.15) is 75.7 Å². The molecule has 2 fully saturated rings. The van der Waals surface area contributed by atoms with Crippen molar-refractivity contribution in [2.45, 2.75) is 75.4 Å². The number of nitrogens with two attached hydrogens (primary N) is 4. The smallest absolute Gasteiger partial charge is 0.0805 e. The number of rotatable bonds is 4. The van der Waals surface area contributed by atoms with E-state index < -0.39 is 0 Å². The standard InChI is InChI=1S/C20H34N4S/c21-17-11-16(18(22)20(24)19(17)23)14-7-3-12(4-8-14)1-2-13-5-9-15(25)10-6-13/h11-15,25H,1-10,21-24H2. The molecular weight excluding hydrogens is 328 g/mol. The fraction of sp³-hybridized carbons (Fsp3) is 0.700. The number of thiol groups is 1. The molecule has 0 bridgehead atoms. The van der Waals surface area contributed by atoms with Crippen molar-refractivity contribution in [2.24, 2.45) is 11.8 Å². The first-order valence-electron chi connectivity index (χ1n) is 9.86. The van der Waals surface area contributed by atoms with E-state index in [1.54, 1.807) is 0 Å². The highest BCUT2D eigenvalue weighted by atomic mass is 32.1. The Morgan fingerprint density at radius 2 is 1.24 bits per heavy atom. The van der Waals surface area contributed by atoms with Crippen LogP contribution in [0, 0.1) is 11.8 Å². The average Bonchev–Trinajstić information content (AvgIpc) is 2.63. The summed E-state index contributed by atoms with van der Waals surface area (Å²) in [5.41, 5.74) is 27.3. The zero-order valence-corrected chi connectivity index (χ0v) is 16.1. The van der Waals surface area contributed by atoms with Crippen LogP contribution in [0.3, 0.4) is 0 Å². The van der Waals surface area contributed by atoms with Crippen LogP contribution in [0.4, 0.5) is 22.7 Å². The maximum Gasteiger partial charge on any atom is 0.0805 e. The Labute approximate surface area is 157 Å². The van der Waals surface area contributed by atoms with Crippen molar-refractivity contribution in [2.75, 3.05) is 22.9 Å². The highest BCUT2D eigenvalue weighted by molar-refractivity contribution is 7.80. The highest BCUT2D eigenvalue weighted by Gasteiger charge is 2.26. The van der Waals surface area contributed by atoms with Gasteiger partial charge in [-0.1, -0.05) is 12.8 Å². The molecule has 3 rings (SSSR count). The summed E-state index contributed by atoms with van der Waals surface area (Å²) in [4.78, 5) is 0. The SMILES string of the molecule is Nc1cc(C2CCC(CCC3CCC(S)CC3)CC2)c(N)c(N)c1N. The molecule has 1 aromatic rings. The summed E-state index contributed by atoms with van der Waals surface area (Å²) in [6.07, 6.45) is 13.1. The van der Waals surface area contributed by atoms with Gasteiger partial charge >= 0.3 is 0 Å². The molecule has 0 aromatic heterocycles. The predicted molar refractivity (Wildman–Crippen MR) is 113 cm³/mol. The molecule has 140 valence electrons. The lowest BCUT2D eigenvalue weighted by atomic mass is 9.75. The molecule has 0 radical (unpaired) electrons.